The Morgan fingerprint density at radius 3 is 1.67 bits per heavy atom. The molecule has 274 valence electrons. The zero-order chi connectivity index (χ0) is 36.9. The SMILES string of the molecule is C=C(C)/C=C(\C=C(C)C)C(=O)OCCCC(CCCC)(C(=O)OC1CC(C)(C)N(O)C(C)(C)C1)C(=O)OC1CC(C)(C)N([OH2+])C(C)(C)C1. The lowest BCUT2D eigenvalue weighted by molar-refractivity contribution is -0.263. The van der Waals surface area contributed by atoms with Gasteiger partial charge in [-0.05, 0) is 108 Å². The van der Waals surface area contributed by atoms with Crippen molar-refractivity contribution < 1.29 is 39.0 Å². The van der Waals surface area contributed by atoms with E-state index in [0.717, 1.165) is 12.0 Å². The molecule has 2 aliphatic heterocycles. The zero-order valence-corrected chi connectivity index (χ0v) is 31.9. The van der Waals surface area contributed by atoms with Crippen molar-refractivity contribution in [3.05, 3.63) is 35.5 Å². The summed E-state index contributed by atoms with van der Waals surface area (Å²) in [6.07, 6.45) is 5.94. The molecule has 10 nitrogen and oxygen atoms in total. The van der Waals surface area contributed by atoms with Crippen LogP contribution in [0.3, 0.4) is 0 Å². The molecule has 48 heavy (non-hydrogen) atoms. The standard InChI is InChI=1S/C38H64N2O8/c1-14-15-17-38(18-16-19-46-31(41)28(20-26(2)3)21-27(4)5,32(42)47-29-22-34(6,7)39(44)35(8,9)23-29)33(43)48-30-24-36(10,11)40(45)37(12,13)25-30/h20-21,29-30,44-45H,2,14-19,22-25H2,1,3-13H3/p+1/b28-20+. The van der Waals surface area contributed by atoms with Crippen LogP contribution < -0.4 is 0 Å². The van der Waals surface area contributed by atoms with Gasteiger partial charge in [-0.2, -0.15) is 5.06 Å². The van der Waals surface area contributed by atoms with Gasteiger partial charge in [-0.3, -0.25) is 9.59 Å². The molecule has 0 radical (unpaired) electrons. The molecule has 1 unspecified atom stereocenters. The lowest BCUT2D eigenvalue weighted by Crippen LogP contribution is -2.61. The summed E-state index contributed by atoms with van der Waals surface area (Å²) >= 11 is 0. The van der Waals surface area contributed by atoms with Crippen LogP contribution in [-0.4, -0.2) is 79.4 Å². The molecule has 2 aliphatic rings. The van der Waals surface area contributed by atoms with E-state index in [1.54, 1.807) is 24.1 Å². The number of ether oxygens (including phenoxy) is 3. The monoisotopic (exact) mass is 677 g/mol. The number of carbonyl (C=O) groups is 3. The smallest absolute Gasteiger partial charge is 0.338 e. The summed E-state index contributed by atoms with van der Waals surface area (Å²) in [6, 6.07) is 0. The van der Waals surface area contributed by atoms with Crippen LogP contribution >= 0.6 is 0 Å². The Morgan fingerprint density at radius 1 is 0.812 bits per heavy atom. The van der Waals surface area contributed by atoms with E-state index in [9.17, 15) is 19.6 Å². The molecule has 1 atom stereocenters. The number of hydrogen-bond acceptors (Lipinski definition) is 9. The Labute approximate surface area is 289 Å². The number of hydrogen-bond donors (Lipinski definition) is 1. The van der Waals surface area contributed by atoms with Crippen molar-refractivity contribution in [2.24, 2.45) is 5.41 Å². The van der Waals surface area contributed by atoms with E-state index in [1.807, 2.05) is 76.2 Å². The van der Waals surface area contributed by atoms with E-state index in [0.29, 0.717) is 43.3 Å². The number of piperidine rings is 2. The van der Waals surface area contributed by atoms with E-state index in [1.165, 1.54) is 5.06 Å². The lowest BCUT2D eigenvalue weighted by atomic mass is 9.77. The number of nitrogens with zero attached hydrogens (tertiary/aromatic N) is 2. The van der Waals surface area contributed by atoms with Crippen molar-refractivity contribution in [1.29, 1.82) is 0 Å². The first-order valence-corrected chi connectivity index (χ1v) is 17.5. The molecule has 10 heteroatoms. The number of rotatable bonds is 14. The van der Waals surface area contributed by atoms with Crippen LogP contribution in [0.25, 0.3) is 0 Å². The van der Waals surface area contributed by atoms with Gasteiger partial charge in [0.05, 0.1) is 23.3 Å². The molecular weight excluding hydrogens is 612 g/mol. The van der Waals surface area contributed by atoms with Gasteiger partial charge in [0.1, 0.15) is 12.2 Å². The average molecular weight is 678 g/mol. The summed E-state index contributed by atoms with van der Waals surface area (Å²) < 4.78 is 18.1. The van der Waals surface area contributed by atoms with Crippen LogP contribution in [0.15, 0.2) is 35.5 Å². The third-order valence-electron chi connectivity index (χ3n) is 9.62. The Kier molecular flexibility index (Phi) is 13.9. The summed E-state index contributed by atoms with van der Waals surface area (Å²) in [4.78, 5) is 41.9. The lowest BCUT2D eigenvalue weighted by Gasteiger charge is -2.51. The van der Waals surface area contributed by atoms with Crippen LogP contribution in [0.5, 0.6) is 0 Å². The minimum Gasteiger partial charge on any atom is -0.462 e. The third-order valence-corrected chi connectivity index (χ3v) is 9.62. The maximum atomic E-state index is 14.4. The summed E-state index contributed by atoms with van der Waals surface area (Å²) in [6.45, 7) is 26.9. The van der Waals surface area contributed by atoms with Gasteiger partial charge in [-0.15, -0.1) is 0 Å². The van der Waals surface area contributed by atoms with Crippen LogP contribution in [0.1, 0.15) is 141 Å². The second kappa shape index (κ2) is 16.0. The molecular formula is C38H65N2O8+. The predicted molar refractivity (Wildman–Crippen MR) is 188 cm³/mol. The Bertz CT molecular complexity index is 1150. The first-order valence-electron chi connectivity index (χ1n) is 17.5. The molecule has 2 heterocycles. The molecule has 0 amide bonds. The second-order valence-corrected chi connectivity index (χ2v) is 16.9. The summed E-state index contributed by atoms with van der Waals surface area (Å²) in [5.41, 5.74) is -2.01. The number of esters is 3. The molecule has 0 bridgehead atoms. The molecule has 0 aromatic carbocycles. The van der Waals surface area contributed by atoms with Crippen LogP contribution in [-0.2, 0) is 28.6 Å². The maximum absolute atomic E-state index is 14.4. The van der Waals surface area contributed by atoms with Crippen molar-refractivity contribution in [3.8, 4) is 0 Å². The fourth-order valence-electron chi connectivity index (χ4n) is 7.52. The highest BCUT2D eigenvalue weighted by atomic mass is 16.6. The topological polar surface area (TPSA) is 129 Å². The first-order chi connectivity index (χ1) is 21.9. The molecule has 3 N–H and O–H groups in total. The minimum atomic E-state index is -1.62. The van der Waals surface area contributed by atoms with Crippen LogP contribution in [0, 0.1) is 5.41 Å². The highest BCUT2D eigenvalue weighted by Crippen LogP contribution is 2.43. The minimum absolute atomic E-state index is 0.00232. The van der Waals surface area contributed by atoms with Crippen molar-refractivity contribution >= 4 is 17.9 Å². The van der Waals surface area contributed by atoms with E-state index in [-0.39, 0.29) is 25.9 Å². The number of carbonyl (C=O) groups excluding carboxylic acids is 3. The van der Waals surface area contributed by atoms with E-state index in [4.69, 9.17) is 19.4 Å². The quantitative estimate of drug-likeness (QED) is 0.0389. The summed E-state index contributed by atoms with van der Waals surface area (Å²) in [7, 11) is 0. The largest absolute Gasteiger partial charge is 0.462 e. The fourth-order valence-corrected chi connectivity index (χ4v) is 7.52. The van der Waals surface area contributed by atoms with Gasteiger partial charge in [-0.1, -0.05) is 42.6 Å². The molecule has 2 saturated heterocycles. The maximum Gasteiger partial charge on any atom is 0.338 e. The van der Waals surface area contributed by atoms with Crippen LogP contribution in [0.4, 0.5) is 0 Å². The van der Waals surface area contributed by atoms with E-state index >= 15 is 0 Å². The first kappa shape index (κ1) is 41.6. The highest BCUT2D eigenvalue weighted by Gasteiger charge is 2.54. The van der Waals surface area contributed by atoms with Gasteiger partial charge in [0.2, 0.25) is 0 Å². The van der Waals surface area contributed by atoms with Crippen LogP contribution in [0.2, 0.25) is 0 Å². The molecule has 0 spiro atoms. The Balaban J connectivity index is 2.43. The number of unbranched alkanes of at least 4 members (excludes halogenated alkanes) is 1. The third kappa shape index (κ3) is 10.5. The molecule has 0 saturated carbocycles. The summed E-state index contributed by atoms with van der Waals surface area (Å²) in [5.74, 6) is -1.78. The van der Waals surface area contributed by atoms with Gasteiger partial charge in [-0.25, -0.2) is 4.79 Å². The average Bonchev–Trinajstić information content (AvgIpc) is 2.92. The number of allylic oxidation sites excluding steroid dienone is 3. The normalized spacial score (nSPS) is 22.7. The van der Waals surface area contributed by atoms with E-state index in [2.05, 4.69) is 6.58 Å². The van der Waals surface area contributed by atoms with Crippen molar-refractivity contribution in [1.82, 2.24) is 10.1 Å². The van der Waals surface area contributed by atoms with Gasteiger partial charge in [0, 0.05) is 36.8 Å². The van der Waals surface area contributed by atoms with Crippen molar-refractivity contribution in [2.45, 2.75) is 175 Å². The predicted octanol–water partition coefficient (Wildman–Crippen LogP) is 7.11. The molecule has 0 aromatic rings. The molecule has 0 aliphatic carbocycles. The van der Waals surface area contributed by atoms with Crippen molar-refractivity contribution in [3.63, 3.8) is 0 Å². The van der Waals surface area contributed by atoms with Gasteiger partial charge >= 0.3 is 17.9 Å². The molecule has 2 rings (SSSR count). The van der Waals surface area contributed by atoms with Gasteiger partial charge in [0.25, 0.3) is 0 Å². The number of hydroxylamine groups is 4. The molecule has 0 aromatic heterocycles. The second-order valence-electron chi connectivity index (χ2n) is 16.9. The summed E-state index contributed by atoms with van der Waals surface area (Å²) in [5, 5.41) is 22.4. The van der Waals surface area contributed by atoms with Gasteiger partial charge in [0.15, 0.2) is 5.41 Å². The van der Waals surface area contributed by atoms with Crippen molar-refractivity contribution in [2.75, 3.05) is 6.61 Å². The fraction of sp³-hybridized carbons (Fsp3) is 0.763. The molecule has 2 fully saturated rings. The zero-order valence-electron chi connectivity index (χ0n) is 31.9. The van der Waals surface area contributed by atoms with Gasteiger partial charge < -0.3 is 24.6 Å². The van der Waals surface area contributed by atoms with E-state index < -0.39 is 57.7 Å². The Hall–Kier alpha value is -2.53. The highest BCUT2D eigenvalue weighted by molar-refractivity contribution is 6.00. The Morgan fingerprint density at radius 2 is 1.25 bits per heavy atom.